The summed E-state index contributed by atoms with van der Waals surface area (Å²) < 4.78 is 13.0. The van der Waals surface area contributed by atoms with Gasteiger partial charge in [0.15, 0.2) is 0 Å². The molecule has 0 spiro atoms. The minimum Gasteiger partial charge on any atom is -0.347 e. The topological polar surface area (TPSA) is 67.8 Å². The predicted octanol–water partition coefficient (Wildman–Crippen LogP) is 3.76. The summed E-state index contributed by atoms with van der Waals surface area (Å²) in [6.45, 7) is 0.291. The number of hydrogen-bond donors (Lipinski definition) is 1. The molecule has 0 fully saturated rings. The van der Waals surface area contributed by atoms with Crippen LogP contribution in [0.2, 0.25) is 0 Å². The van der Waals surface area contributed by atoms with Gasteiger partial charge in [-0.3, -0.25) is 14.8 Å². The molecule has 4 aromatic rings. The van der Waals surface area contributed by atoms with Gasteiger partial charge in [0.2, 0.25) is 0 Å². The minimum absolute atomic E-state index is 0.291. The van der Waals surface area contributed by atoms with Crippen LogP contribution in [0.25, 0.3) is 22.0 Å². The lowest BCUT2D eigenvalue weighted by Gasteiger charge is -2.10. The number of nitrogens with one attached hydrogen (secondary N) is 1. The lowest BCUT2D eigenvalue weighted by molar-refractivity contribution is 0.0946. The Kier molecular flexibility index (Phi) is 4.53. The van der Waals surface area contributed by atoms with Crippen LogP contribution in [0.4, 0.5) is 4.39 Å². The number of carbonyl (C=O) groups is 1. The number of halogens is 1. The molecule has 0 aliphatic heterocycles. The van der Waals surface area contributed by atoms with E-state index < -0.39 is 0 Å². The summed E-state index contributed by atoms with van der Waals surface area (Å²) in [5.41, 5.74) is 3.60. The highest BCUT2D eigenvalue weighted by Gasteiger charge is 2.13. The van der Waals surface area contributed by atoms with Crippen molar-refractivity contribution in [1.29, 1.82) is 0 Å². The van der Waals surface area contributed by atoms with Gasteiger partial charge in [0, 0.05) is 36.7 Å². The maximum absolute atomic E-state index is 13.0. The standard InChI is InChI=1S/C21H15FN4O/c22-16-3-1-14(2-4-16)12-25-21(27)20-11-17(15-5-8-23-9-6-15)18-13-24-10-7-19(18)26-20/h1-11,13H,12H2,(H,25,27). The van der Waals surface area contributed by atoms with E-state index in [4.69, 9.17) is 0 Å². The fraction of sp³-hybridized carbons (Fsp3) is 0.0476. The summed E-state index contributed by atoms with van der Waals surface area (Å²) >= 11 is 0. The second-order valence-corrected chi connectivity index (χ2v) is 5.99. The molecule has 6 heteroatoms. The van der Waals surface area contributed by atoms with Crippen molar-refractivity contribution in [3.63, 3.8) is 0 Å². The van der Waals surface area contributed by atoms with E-state index in [0.29, 0.717) is 17.8 Å². The van der Waals surface area contributed by atoms with Gasteiger partial charge in [0.1, 0.15) is 11.5 Å². The molecular weight excluding hydrogens is 343 g/mol. The maximum atomic E-state index is 13.0. The molecule has 132 valence electrons. The highest BCUT2D eigenvalue weighted by atomic mass is 19.1. The summed E-state index contributed by atoms with van der Waals surface area (Å²) in [5.74, 6) is -0.606. The lowest BCUT2D eigenvalue weighted by Crippen LogP contribution is -2.24. The number of fused-ring (bicyclic) bond motifs is 1. The molecule has 0 saturated carbocycles. The van der Waals surface area contributed by atoms with Gasteiger partial charge in [-0.1, -0.05) is 12.1 Å². The quantitative estimate of drug-likeness (QED) is 0.603. The van der Waals surface area contributed by atoms with Gasteiger partial charge >= 0.3 is 0 Å². The third-order valence-electron chi connectivity index (χ3n) is 4.20. The van der Waals surface area contributed by atoms with Gasteiger partial charge in [-0.05, 0) is 53.1 Å². The Morgan fingerprint density at radius 3 is 2.48 bits per heavy atom. The fourth-order valence-corrected chi connectivity index (χ4v) is 2.83. The number of hydrogen-bond acceptors (Lipinski definition) is 4. The Hall–Kier alpha value is -3.67. The smallest absolute Gasteiger partial charge is 0.270 e. The summed E-state index contributed by atoms with van der Waals surface area (Å²) in [6.07, 6.45) is 6.78. The van der Waals surface area contributed by atoms with Crippen LogP contribution in [-0.2, 0) is 6.54 Å². The van der Waals surface area contributed by atoms with E-state index in [-0.39, 0.29) is 11.7 Å². The molecule has 3 heterocycles. The van der Waals surface area contributed by atoms with Crippen molar-refractivity contribution in [2.75, 3.05) is 0 Å². The van der Waals surface area contributed by atoms with E-state index in [9.17, 15) is 9.18 Å². The van der Waals surface area contributed by atoms with Crippen LogP contribution in [0, 0.1) is 5.82 Å². The molecule has 1 amide bonds. The number of pyridine rings is 3. The molecule has 0 radical (unpaired) electrons. The summed E-state index contributed by atoms with van der Waals surface area (Å²) in [5, 5.41) is 3.69. The van der Waals surface area contributed by atoms with Gasteiger partial charge in [-0.15, -0.1) is 0 Å². The minimum atomic E-state index is -0.308. The van der Waals surface area contributed by atoms with E-state index >= 15 is 0 Å². The number of benzene rings is 1. The largest absolute Gasteiger partial charge is 0.347 e. The Balaban J connectivity index is 1.67. The molecule has 3 aromatic heterocycles. The number of carbonyl (C=O) groups excluding carboxylic acids is 1. The third kappa shape index (κ3) is 3.64. The molecule has 0 atom stereocenters. The molecule has 0 unspecified atom stereocenters. The van der Waals surface area contributed by atoms with E-state index in [1.54, 1.807) is 49.1 Å². The van der Waals surface area contributed by atoms with E-state index in [1.165, 1.54) is 12.1 Å². The highest BCUT2D eigenvalue weighted by molar-refractivity contribution is 6.00. The normalized spacial score (nSPS) is 10.7. The number of amides is 1. The highest BCUT2D eigenvalue weighted by Crippen LogP contribution is 2.27. The average molecular weight is 358 g/mol. The van der Waals surface area contributed by atoms with E-state index in [0.717, 1.165) is 22.1 Å². The second-order valence-electron chi connectivity index (χ2n) is 5.99. The Morgan fingerprint density at radius 2 is 1.70 bits per heavy atom. The fourth-order valence-electron chi connectivity index (χ4n) is 2.83. The predicted molar refractivity (Wildman–Crippen MR) is 100 cm³/mol. The van der Waals surface area contributed by atoms with Crippen LogP contribution in [-0.4, -0.2) is 20.9 Å². The van der Waals surface area contributed by atoms with E-state index in [1.807, 2.05) is 12.1 Å². The summed E-state index contributed by atoms with van der Waals surface area (Å²) in [6, 6.07) is 13.3. The van der Waals surface area contributed by atoms with Crippen molar-refractivity contribution in [1.82, 2.24) is 20.3 Å². The summed E-state index contributed by atoms with van der Waals surface area (Å²) in [7, 11) is 0. The first-order valence-electron chi connectivity index (χ1n) is 8.38. The van der Waals surface area contributed by atoms with Crippen LogP contribution in [0.15, 0.2) is 73.3 Å². The van der Waals surface area contributed by atoms with Gasteiger partial charge < -0.3 is 5.32 Å². The molecule has 0 aliphatic rings. The maximum Gasteiger partial charge on any atom is 0.270 e. The van der Waals surface area contributed by atoms with Crippen molar-refractivity contribution in [3.8, 4) is 11.1 Å². The molecule has 0 saturated heterocycles. The number of nitrogens with zero attached hydrogens (tertiary/aromatic N) is 3. The van der Waals surface area contributed by atoms with Crippen LogP contribution < -0.4 is 5.32 Å². The van der Waals surface area contributed by atoms with Crippen LogP contribution in [0.5, 0.6) is 0 Å². The SMILES string of the molecule is O=C(NCc1ccc(F)cc1)c1cc(-c2ccncc2)c2cnccc2n1. The Bertz CT molecular complexity index is 1100. The van der Waals surface area contributed by atoms with Crippen molar-refractivity contribution in [2.24, 2.45) is 0 Å². The Morgan fingerprint density at radius 1 is 0.963 bits per heavy atom. The monoisotopic (exact) mass is 358 g/mol. The molecule has 5 nitrogen and oxygen atoms in total. The second kappa shape index (κ2) is 7.29. The molecule has 1 aromatic carbocycles. The van der Waals surface area contributed by atoms with Crippen LogP contribution in [0.3, 0.4) is 0 Å². The van der Waals surface area contributed by atoms with E-state index in [2.05, 4.69) is 20.3 Å². The van der Waals surface area contributed by atoms with Gasteiger partial charge in [0.25, 0.3) is 5.91 Å². The number of aromatic nitrogens is 3. The molecule has 27 heavy (non-hydrogen) atoms. The zero-order valence-corrected chi connectivity index (χ0v) is 14.3. The van der Waals surface area contributed by atoms with Crippen molar-refractivity contribution < 1.29 is 9.18 Å². The first kappa shape index (κ1) is 16.8. The van der Waals surface area contributed by atoms with Gasteiger partial charge in [0.05, 0.1) is 5.52 Å². The zero-order chi connectivity index (χ0) is 18.6. The van der Waals surface area contributed by atoms with Crippen molar-refractivity contribution >= 4 is 16.8 Å². The molecule has 1 N–H and O–H groups in total. The number of rotatable bonds is 4. The molecular formula is C21H15FN4O. The van der Waals surface area contributed by atoms with Crippen LogP contribution >= 0.6 is 0 Å². The van der Waals surface area contributed by atoms with Gasteiger partial charge in [-0.25, -0.2) is 9.37 Å². The van der Waals surface area contributed by atoms with Crippen molar-refractivity contribution in [2.45, 2.75) is 6.54 Å². The van der Waals surface area contributed by atoms with Crippen molar-refractivity contribution in [3.05, 3.63) is 90.4 Å². The van der Waals surface area contributed by atoms with Crippen LogP contribution in [0.1, 0.15) is 16.1 Å². The molecule has 0 aliphatic carbocycles. The molecule has 0 bridgehead atoms. The van der Waals surface area contributed by atoms with Gasteiger partial charge in [-0.2, -0.15) is 0 Å². The Labute approximate surface area is 154 Å². The average Bonchev–Trinajstić information content (AvgIpc) is 2.73. The first-order chi connectivity index (χ1) is 13.2. The summed E-state index contributed by atoms with van der Waals surface area (Å²) in [4.78, 5) is 25.3. The zero-order valence-electron chi connectivity index (χ0n) is 14.3. The molecule has 4 rings (SSSR count). The third-order valence-corrected chi connectivity index (χ3v) is 4.20. The first-order valence-corrected chi connectivity index (χ1v) is 8.38. The lowest BCUT2D eigenvalue weighted by atomic mass is 10.0.